The van der Waals surface area contributed by atoms with Crippen LogP contribution >= 0.6 is 0 Å². The first kappa shape index (κ1) is 12.7. The maximum absolute atomic E-state index is 6.03. The number of anilines is 2. The van der Waals surface area contributed by atoms with Gasteiger partial charge in [0.1, 0.15) is 0 Å². The second-order valence-electron chi connectivity index (χ2n) is 4.74. The highest BCUT2D eigenvalue weighted by Crippen LogP contribution is 2.29. The van der Waals surface area contributed by atoms with Crippen LogP contribution in [0, 0.1) is 6.92 Å². The number of aryl methyl sites for hydroxylation is 1. The highest BCUT2D eigenvalue weighted by Gasteiger charge is 2.11. The van der Waals surface area contributed by atoms with Gasteiger partial charge in [0.2, 0.25) is 0 Å². The van der Waals surface area contributed by atoms with Crippen LogP contribution in [0.2, 0.25) is 0 Å². The molecule has 2 N–H and O–H groups in total. The molecule has 2 nitrogen and oxygen atoms in total. The van der Waals surface area contributed by atoms with Gasteiger partial charge in [0.25, 0.3) is 0 Å². The molecule has 0 saturated carbocycles. The van der Waals surface area contributed by atoms with Crippen LogP contribution in [0.3, 0.4) is 0 Å². The Hall–Kier alpha value is -1.80. The van der Waals surface area contributed by atoms with Crippen molar-refractivity contribution in [3.05, 3.63) is 59.7 Å². The zero-order valence-corrected chi connectivity index (χ0v) is 11.2. The Morgan fingerprint density at radius 3 is 2.22 bits per heavy atom. The van der Waals surface area contributed by atoms with Crippen LogP contribution in [0.15, 0.2) is 48.5 Å². The van der Waals surface area contributed by atoms with Crippen molar-refractivity contribution in [2.24, 2.45) is 5.73 Å². The van der Waals surface area contributed by atoms with Crippen molar-refractivity contribution in [1.29, 1.82) is 0 Å². The summed E-state index contributed by atoms with van der Waals surface area (Å²) in [5.74, 6) is 0. The summed E-state index contributed by atoms with van der Waals surface area (Å²) in [5, 5.41) is 0. The number of benzene rings is 2. The van der Waals surface area contributed by atoms with Crippen LogP contribution in [0.1, 0.15) is 24.1 Å². The molecule has 1 atom stereocenters. The molecule has 0 aliphatic carbocycles. The van der Waals surface area contributed by atoms with Crippen molar-refractivity contribution in [2.75, 3.05) is 11.9 Å². The highest BCUT2D eigenvalue weighted by molar-refractivity contribution is 5.66. The van der Waals surface area contributed by atoms with E-state index >= 15 is 0 Å². The minimum Gasteiger partial charge on any atom is -0.344 e. The van der Waals surface area contributed by atoms with Crippen molar-refractivity contribution >= 4 is 11.4 Å². The van der Waals surface area contributed by atoms with Crippen LogP contribution in [0.4, 0.5) is 11.4 Å². The summed E-state index contributed by atoms with van der Waals surface area (Å²) in [6.07, 6.45) is 0. The van der Waals surface area contributed by atoms with E-state index < -0.39 is 0 Å². The van der Waals surface area contributed by atoms with Crippen molar-refractivity contribution in [3.8, 4) is 0 Å². The molecule has 0 aromatic heterocycles. The number of nitrogens with zero attached hydrogens (tertiary/aromatic N) is 1. The third-order valence-corrected chi connectivity index (χ3v) is 3.21. The monoisotopic (exact) mass is 240 g/mol. The van der Waals surface area contributed by atoms with Gasteiger partial charge >= 0.3 is 0 Å². The SMILES string of the molecule is Cc1ccc(N(C)c2ccccc2[C@H](C)N)cc1. The molecular formula is C16H20N2. The average molecular weight is 240 g/mol. The maximum Gasteiger partial charge on any atom is 0.0456 e. The van der Waals surface area contributed by atoms with Gasteiger partial charge in [-0.05, 0) is 37.6 Å². The third-order valence-electron chi connectivity index (χ3n) is 3.21. The fourth-order valence-electron chi connectivity index (χ4n) is 2.09. The maximum atomic E-state index is 6.03. The zero-order valence-electron chi connectivity index (χ0n) is 11.2. The van der Waals surface area contributed by atoms with Gasteiger partial charge in [-0.3, -0.25) is 0 Å². The van der Waals surface area contributed by atoms with Gasteiger partial charge in [-0.15, -0.1) is 0 Å². The van der Waals surface area contributed by atoms with Crippen LogP contribution in [0.5, 0.6) is 0 Å². The zero-order chi connectivity index (χ0) is 13.1. The molecule has 0 radical (unpaired) electrons. The van der Waals surface area contributed by atoms with Crippen molar-refractivity contribution in [2.45, 2.75) is 19.9 Å². The van der Waals surface area contributed by atoms with Crippen molar-refractivity contribution in [3.63, 3.8) is 0 Å². The van der Waals surface area contributed by atoms with Gasteiger partial charge in [0.05, 0.1) is 0 Å². The molecule has 0 saturated heterocycles. The lowest BCUT2D eigenvalue weighted by molar-refractivity contribution is 0.815. The molecule has 0 bridgehead atoms. The Morgan fingerprint density at radius 1 is 1.00 bits per heavy atom. The average Bonchev–Trinajstić information content (AvgIpc) is 2.39. The number of rotatable bonds is 3. The smallest absolute Gasteiger partial charge is 0.0456 e. The van der Waals surface area contributed by atoms with E-state index in [0.29, 0.717) is 0 Å². The Morgan fingerprint density at radius 2 is 1.61 bits per heavy atom. The summed E-state index contributed by atoms with van der Waals surface area (Å²) >= 11 is 0. The normalized spacial score (nSPS) is 12.2. The minimum atomic E-state index is 0.0362. The molecule has 18 heavy (non-hydrogen) atoms. The molecule has 2 aromatic rings. The van der Waals surface area contributed by atoms with E-state index in [2.05, 4.69) is 55.3 Å². The molecule has 94 valence electrons. The van der Waals surface area contributed by atoms with E-state index in [-0.39, 0.29) is 6.04 Å². The van der Waals surface area contributed by atoms with E-state index in [4.69, 9.17) is 5.73 Å². The highest BCUT2D eigenvalue weighted by atomic mass is 15.1. The van der Waals surface area contributed by atoms with E-state index in [1.165, 1.54) is 16.8 Å². The first-order valence-electron chi connectivity index (χ1n) is 6.24. The molecule has 0 aliphatic rings. The predicted molar refractivity (Wildman–Crippen MR) is 78.3 cm³/mol. The predicted octanol–water partition coefficient (Wildman–Crippen LogP) is 3.78. The number of nitrogens with two attached hydrogens (primary N) is 1. The second kappa shape index (κ2) is 5.23. The molecule has 0 fully saturated rings. The first-order valence-corrected chi connectivity index (χ1v) is 6.24. The number of hydrogen-bond donors (Lipinski definition) is 1. The molecule has 0 spiro atoms. The summed E-state index contributed by atoms with van der Waals surface area (Å²) < 4.78 is 0. The Bertz CT molecular complexity index is 515. The first-order chi connectivity index (χ1) is 8.59. The van der Waals surface area contributed by atoms with E-state index in [9.17, 15) is 0 Å². The summed E-state index contributed by atoms with van der Waals surface area (Å²) in [4.78, 5) is 2.18. The summed E-state index contributed by atoms with van der Waals surface area (Å²) in [5.41, 5.74) is 10.8. The number of hydrogen-bond acceptors (Lipinski definition) is 2. The molecule has 2 aromatic carbocycles. The third kappa shape index (κ3) is 2.54. The van der Waals surface area contributed by atoms with Gasteiger partial charge in [0, 0.05) is 24.5 Å². The lowest BCUT2D eigenvalue weighted by Crippen LogP contribution is -2.15. The Balaban J connectivity index is 2.39. The van der Waals surface area contributed by atoms with E-state index in [1.807, 2.05) is 19.1 Å². The van der Waals surface area contributed by atoms with Crippen molar-refractivity contribution in [1.82, 2.24) is 0 Å². The van der Waals surface area contributed by atoms with Crippen LogP contribution < -0.4 is 10.6 Å². The molecule has 2 rings (SSSR count). The van der Waals surface area contributed by atoms with Crippen LogP contribution in [-0.4, -0.2) is 7.05 Å². The standard InChI is InChI=1S/C16H20N2/c1-12-8-10-14(11-9-12)18(3)16-7-5-4-6-15(16)13(2)17/h4-11,13H,17H2,1-3H3/t13-/m0/s1. The Labute approximate surface area is 109 Å². The molecule has 0 aliphatic heterocycles. The fraction of sp³-hybridized carbons (Fsp3) is 0.250. The largest absolute Gasteiger partial charge is 0.344 e. The van der Waals surface area contributed by atoms with Crippen molar-refractivity contribution < 1.29 is 0 Å². The van der Waals surface area contributed by atoms with Crippen LogP contribution in [-0.2, 0) is 0 Å². The molecule has 0 amide bonds. The second-order valence-corrected chi connectivity index (χ2v) is 4.74. The minimum absolute atomic E-state index is 0.0362. The lowest BCUT2D eigenvalue weighted by Gasteiger charge is -2.24. The van der Waals surface area contributed by atoms with Gasteiger partial charge in [-0.1, -0.05) is 35.9 Å². The summed E-state index contributed by atoms with van der Waals surface area (Å²) in [7, 11) is 2.08. The topological polar surface area (TPSA) is 29.3 Å². The quantitative estimate of drug-likeness (QED) is 0.884. The number of para-hydroxylation sites is 1. The van der Waals surface area contributed by atoms with Crippen LogP contribution in [0.25, 0.3) is 0 Å². The van der Waals surface area contributed by atoms with Gasteiger partial charge in [-0.25, -0.2) is 0 Å². The van der Waals surface area contributed by atoms with Gasteiger partial charge in [0.15, 0.2) is 0 Å². The lowest BCUT2D eigenvalue weighted by atomic mass is 10.1. The summed E-state index contributed by atoms with van der Waals surface area (Å²) in [6, 6.07) is 16.8. The molecule has 0 unspecified atom stereocenters. The summed E-state index contributed by atoms with van der Waals surface area (Å²) in [6.45, 7) is 4.11. The van der Waals surface area contributed by atoms with Gasteiger partial charge < -0.3 is 10.6 Å². The molecule has 0 heterocycles. The van der Waals surface area contributed by atoms with Gasteiger partial charge in [-0.2, -0.15) is 0 Å². The van der Waals surface area contributed by atoms with E-state index in [0.717, 1.165) is 5.69 Å². The molecule has 2 heteroatoms. The van der Waals surface area contributed by atoms with E-state index in [1.54, 1.807) is 0 Å². The Kier molecular flexibility index (Phi) is 3.68. The molecular weight excluding hydrogens is 220 g/mol. The fourth-order valence-corrected chi connectivity index (χ4v) is 2.09.